The molecule has 0 aliphatic heterocycles. The summed E-state index contributed by atoms with van der Waals surface area (Å²) in [4.78, 5) is 0. The van der Waals surface area contributed by atoms with Gasteiger partial charge in [-0.3, -0.25) is 0 Å². The van der Waals surface area contributed by atoms with Crippen molar-refractivity contribution in [2.24, 2.45) is 0 Å². The van der Waals surface area contributed by atoms with Gasteiger partial charge in [-0.25, -0.2) is 0 Å². The Kier molecular flexibility index (Phi) is 2.50. The quantitative estimate of drug-likeness (QED) is 0.642. The van der Waals surface area contributed by atoms with E-state index in [1.807, 2.05) is 0 Å². The fourth-order valence-electron chi connectivity index (χ4n) is 1.99. The average molecular weight is 225 g/mol. The first-order valence-corrected chi connectivity index (χ1v) is 5.69. The number of hydrogen-bond donors (Lipinski definition) is 0. The SMILES string of the molecule is BrCc1cccc2c1CCCC2. The highest BCUT2D eigenvalue weighted by atomic mass is 79.9. The molecule has 0 bridgehead atoms. The first-order valence-electron chi connectivity index (χ1n) is 4.57. The van der Waals surface area contributed by atoms with Crippen LogP contribution in [0.25, 0.3) is 0 Å². The van der Waals surface area contributed by atoms with E-state index in [1.54, 1.807) is 11.1 Å². The molecule has 1 aromatic rings. The Morgan fingerprint density at radius 1 is 1.17 bits per heavy atom. The van der Waals surface area contributed by atoms with E-state index < -0.39 is 0 Å². The fraction of sp³-hybridized carbons (Fsp3) is 0.455. The van der Waals surface area contributed by atoms with Crippen LogP contribution < -0.4 is 0 Å². The van der Waals surface area contributed by atoms with Crippen molar-refractivity contribution in [2.75, 3.05) is 0 Å². The first kappa shape index (κ1) is 8.31. The first-order chi connectivity index (χ1) is 5.92. The molecule has 0 N–H and O–H groups in total. The lowest BCUT2D eigenvalue weighted by Crippen LogP contribution is -2.04. The van der Waals surface area contributed by atoms with Crippen LogP contribution in [0.3, 0.4) is 0 Å². The maximum absolute atomic E-state index is 3.54. The summed E-state index contributed by atoms with van der Waals surface area (Å²) in [5.74, 6) is 0. The summed E-state index contributed by atoms with van der Waals surface area (Å²) in [5.41, 5.74) is 4.69. The van der Waals surface area contributed by atoms with E-state index in [4.69, 9.17) is 0 Å². The summed E-state index contributed by atoms with van der Waals surface area (Å²) in [7, 11) is 0. The summed E-state index contributed by atoms with van der Waals surface area (Å²) >= 11 is 3.54. The highest BCUT2D eigenvalue weighted by Gasteiger charge is 2.11. The molecule has 0 saturated carbocycles. The number of aryl methyl sites for hydroxylation is 1. The number of benzene rings is 1. The second kappa shape index (κ2) is 3.61. The van der Waals surface area contributed by atoms with E-state index in [-0.39, 0.29) is 0 Å². The predicted molar refractivity (Wildman–Crippen MR) is 55.7 cm³/mol. The minimum absolute atomic E-state index is 1.01. The molecule has 0 saturated heterocycles. The van der Waals surface area contributed by atoms with Gasteiger partial charge in [0.25, 0.3) is 0 Å². The monoisotopic (exact) mass is 224 g/mol. The summed E-state index contributed by atoms with van der Waals surface area (Å²) in [6, 6.07) is 6.69. The molecule has 0 nitrogen and oxygen atoms in total. The Morgan fingerprint density at radius 3 is 2.83 bits per heavy atom. The molecule has 0 heterocycles. The molecule has 1 heteroatoms. The molecule has 0 spiro atoms. The van der Waals surface area contributed by atoms with Crippen LogP contribution in [0.4, 0.5) is 0 Å². The summed E-state index contributed by atoms with van der Waals surface area (Å²) in [5, 5.41) is 1.01. The van der Waals surface area contributed by atoms with Gasteiger partial charge >= 0.3 is 0 Å². The third-order valence-corrected chi connectivity index (χ3v) is 3.24. The lowest BCUT2D eigenvalue weighted by atomic mass is 9.89. The maximum Gasteiger partial charge on any atom is 0.0285 e. The molecule has 1 aliphatic rings. The highest BCUT2D eigenvalue weighted by Crippen LogP contribution is 2.25. The van der Waals surface area contributed by atoms with Gasteiger partial charge in [-0.15, -0.1) is 0 Å². The molecule has 0 amide bonds. The Labute approximate surface area is 82.1 Å². The molecule has 0 aromatic heterocycles. The van der Waals surface area contributed by atoms with Crippen LogP contribution in [-0.2, 0) is 18.2 Å². The molecule has 12 heavy (non-hydrogen) atoms. The third kappa shape index (κ3) is 1.42. The molecular weight excluding hydrogens is 212 g/mol. The predicted octanol–water partition coefficient (Wildman–Crippen LogP) is 3.46. The second-order valence-corrected chi connectivity index (χ2v) is 3.96. The van der Waals surface area contributed by atoms with Gasteiger partial charge in [-0.2, -0.15) is 0 Å². The number of rotatable bonds is 1. The molecule has 0 radical (unpaired) electrons. The van der Waals surface area contributed by atoms with Gasteiger partial charge in [-0.1, -0.05) is 34.1 Å². The minimum atomic E-state index is 1.01. The average Bonchev–Trinajstić information content (AvgIpc) is 2.17. The van der Waals surface area contributed by atoms with E-state index >= 15 is 0 Å². The van der Waals surface area contributed by atoms with E-state index in [0.717, 1.165) is 5.33 Å². The van der Waals surface area contributed by atoms with E-state index in [2.05, 4.69) is 34.1 Å². The number of alkyl halides is 1. The van der Waals surface area contributed by atoms with E-state index in [9.17, 15) is 0 Å². The van der Waals surface area contributed by atoms with Gasteiger partial charge in [0.05, 0.1) is 0 Å². The maximum atomic E-state index is 3.54. The van der Waals surface area contributed by atoms with Gasteiger partial charge in [0.1, 0.15) is 0 Å². The topological polar surface area (TPSA) is 0 Å². The van der Waals surface area contributed by atoms with Crippen molar-refractivity contribution in [2.45, 2.75) is 31.0 Å². The molecule has 0 unspecified atom stereocenters. The standard InChI is InChI=1S/C11H13Br/c12-8-10-6-3-5-9-4-1-2-7-11(9)10/h3,5-6H,1-2,4,7-8H2. The second-order valence-electron chi connectivity index (χ2n) is 3.40. The van der Waals surface area contributed by atoms with Crippen LogP contribution in [0.2, 0.25) is 0 Å². The van der Waals surface area contributed by atoms with Crippen molar-refractivity contribution in [3.05, 3.63) is 34.9 Å². The minimum Gasteiger partial charge on any atom is -0.0876 e. The normalized spacial score (nSPS) is 15.8. The zero-order chi connectivity index (χ0) is 8.39. The van der Waals surface area contributed by atoms with Crippen molar-refractivity contribution >= 4 is 15.9 Å². The number of halogens is 1. The lowest BCUT2D eigenvalue weighted by molar-refractivity contribution is 0.681. The van der Waals surface area contributed by atoms with Crippen LogP contribution in [0.1, 0.15) is 29.5 Å². The van der Waals surface area contributed by atoms with Gasteiger partial charge < -0.3 is 0 Å². The smallest absolute Gasteiger partial charge is 0.0285 e. The Hall–Kier alpha value is -0.300. The molecular formula is C11H13Br. The molecule has 0 atom stereocenters. The summed E-state index contributed by atoms with van der Waals surface area (Å²) in [6.45, 7) is 0. The van der Waals surface area contributed by atoms with Gasteiger partial charge in [0, 0.05) is 5.33 Å². The Morgan fingerprint density at radius 2 is 2.00 bits per heavy atom. The molecule has 2 rings (SSSR count). The molecule has 1 aromatic carbocycles. The molecule has 64 valence electrons. The zero-order valence-corrected chi connectivity index (χ0v) is 8.73. The van der Waals surface area contributed by atoms with Crippen molar-refractivity contribution in [1.29, 1.82) is 0 Å². The van der Waals surface area contributed by atoms with Crippen molar-refractivity contribution in [1.82, 2.24) is 0 Å². The van der Waals surface area contributed by atoms with Crippen LogP contribution in [0.15, 0.2) is 18.2 Å². The number of fused-ring (bicyclic) bond motifs is 1. The van der Waals surface area contributed by atoms with Crippen molar-refractivity contribution < 1.29 is 0 Å². The Bertz CT molecular complexity index is 264. The lowest BCUT2D eigenvalue weighted by Gasteiger charge is -2.17. The van der Waals surface area contributed by atoms with Crippen LogP contribution in [-0.4, -0.2) is 0 Å². The summed E-state index contributed by atoms with van der Waals surface area (Å²) in [6.07, 6.45) is 5.32. The van der Waals surface area contributed by atoms with Crippen LogP contribution in [0.5, 0.6) is 0 Å². The fourth-order valence-corrected chi connectivity index (χ4v) is 2.51. The van der Waals surface area contributed by atoms with E-state index in [0.29, 0.717) is 0 Å². The van der Waals surface area contributed by atoms with E-state index in [1.165, 1.54) is 31.2 Å². The Balaban J connectivity index is 2.44. The summed E-state index contributed by atoms with van der Waals surface area (Å²) < 4.78 is 0. The van der Waals surface area contributed by atoms with Crippen molar-refractivity contribution in [3.63, 3.8) is 0 Å². The largest absolute Gasteiger partial charge is 0.0876 e. The molecule has 0 fully saturated rings. The van der Waals surface area contributed by atoms with Crippen LogP contribution >= 0.6 is 15.9 Å². The van der Waals surface area contributed by atoms with Crippen LogP contribution in [0, 0.1) is 0 Å². The highest BCUT2D eigenvalue weighted by molar-refractivity contribution is 9.08. The molecule has 1 aliphatic carbocycles. The number of hydrogen-bond acceptors (Lipinski definition) is 0. The third-order valence-electron chi connectivity index (χ3n) is 2.64. The van der Waals surface area contributed by atoms with Gasteiger partial charge in [-0.05, 0) is 42.4 Å². The van der Waals surface area contributed by atoms with Gasteiger partial charge in [0.2, 0.25) is 0 Å². The van der Waals surface area contributed by atoms with Crippen molar-refractivity contribution in [3.8, 4) is 0 Å². The zero-order valence-electron chi connectivity index (χ0n) is 7.15. The van der Waals surface area contributed by atoms with Gasteiger partial charge in [0.15, 0.2) is 0 Å².